The van der Waals surface area contributed by atoms with E-state index < -0.39 is 5.72 Å². The van der Waals surface area contributed by atoms with E-state index in [1.807, 2.05) is 42.5 Å². The minimum atomic E-state index is -0.630. The lowest BCUT2D eigenvalue weighted by Gasteiger charge is -2.34. The quantitative estimate of drug-likeness (QED) is 0.288. The third kappa shape index (κ3) is 6.10. The Balaban J connectivity index is 1.07. The first-order valence-corrected chi connectivity index (χ1v) is 15.5. The number of anilines is 1. The first-order chi connectivity index (χ1) is 21.0. The highest BCUT2D eigenvalue weighted by molar-refractivity contribution is 5.88. The van der Waals surface area contributed by atoms with Gasteiger partial charge >= 0.3 is 0 Å². The standard InChI is InChI=1S/C33H41N7O3/c1-23(2)40-10-7-28(8-11-40)43-32-18-27(6-9-34-32)33(22-42-33)37-31-17-26-16-24(4-5-25(26)19-35-31)29-20-36-38(3)30(29)21-39-12-14-41-15-13-39/h4-6,9,16-20,23,28H,7-8,10-15,21-22H2,1-3H3,(H,35,37). The van der Waals surface area contributed by atoms with Gasteiger partial charge in [-0.1, -0.05) is 12.1 Å². The number of piperidine rings is 1. The zero-order valence-electron chi connectivity index (χ0n) is 25.3. The third-order valence-electron chi connectivity index (χ3n) is 9.03. The molecule has 0 radical (unpaired) electrons. The second-order valence-electron chi connectivity index (χ2n) is 12.2. The number of ether oxygens (including phenoxy) is 3. The Morgan fingerprint density at radius 3 is 2.58 bits per heavy atom. The third-order valence-corrected chi connectivity index (χ3v) is 9.03. The van der Waals surface area contributed by atoms with Crippen LogP contribution in [0.25, 0.3) is 21.9 Å². The molecule has 7 rings (SSSR count). The van der Waals surface area contributed by atoms with Crippen molar-refractivity contribution in [1.29, 1.82) is 0 Å². The smallest absolute Gasteiger partial charge is 0.213 e. The first kappa shape index (κ1) is 28.2. The Kier molecular flexibility index (Phi) is 7.77. The van der Waals surface area contributed by atoms with E-state index in [4.69, 9.17) is 19.2 Å². The molecule has 1 atom stereocenters. The number of pyridine rings is 2. The van der Waals surface area contributed by atoms with Gasteiger partial charge in [-0.05, 0) is 55.8 Å². The number of hydrogen-bond acceptors (Lipinski definition) is 9. The second kappa shape index (κ2) is 11.8. The van der Waals surface area contributed by atoms with Crippen LogP contribution < -0.4 is 10.1 Å². The molecule has 0 aliphatic carbocycles. The molecular weight excluding hydrogens is 542 g/mol. The van der Waals surface area contributed by atoms with Gasteiger partial charge in [-0.25, -0.2) is 9.97 Å². The van der Waals surface area contributed by atoms with Gasteiger partial charge in [0, 0.05) is 80.8 Å². The molecule has 43 heavy (non-hydrogen) atoms. The highest BCUT2D eigenvalue weighted by Gasteiger charge is 2.47. The summed E-state index contributed by atoms with van der Waals surface area (Å²) in [4.78, 5) is 14.2. The van der Waals surface area contributed by atoms with Crippen molar-refractivity contribution >= 4 is 16.6 Å². The van der Waals surface area contributed by atoms with Crippen molar-refractivity contribution < 1.29 is 14.2 Å². The van der Waals surface area contributed by atoms with Gasteiger partial charge in [-0.2, -0.15) is 5.10 Å². The Labute approximate surface area is 253 Å². The molecule has 3 aromatic heterocycles. The van der Waals surface area contributed by atoms with Crippen LogP contribution in [0.4, 0.5) is 5.82 Å². The maximum Gasteiger partial charge on any atom is 0.213 e. The molecule has 0 amide bonds. The average Bonchev–Trinajstić information content (AvgIpc) is 3.73. The summed E-state index contributed by atoms with van der Waals surface area (Å²) in [6, 6.07) is 13.2. The van der Waals surface area contributed by atoms with Crippen LogP contribution in [-0.4, -0.2) is 87.7 Å². The number of nitrogens with zero attached hydrogens (tertiary/aromatic N) is 6. The first-order valence-electron chi connectivity index (χ1n) is 15.5. The van der Waals surface area contributed by atoms with Crippen LogP contribution in [0.15, 0.2) is 55.0 Å². The van der Waals surface area contributed by atoms with Gasteiger partial charge in [0.25, 0.3) is 0 Å². The zero-order valence-corrected chi connectivity index (χ0v) is 25.3. The van der Waals surface area contributed by atoms with Crippen LogP contribution in [0, 0.1) is 0 Å². The molecule has 1 unspecified atom stereocenters. The van der Waals surface area contributed by atoms with E-state index in [-0.39, 0.29) is 6.10 Å². The highest BCUT2D eigenvalue weighted by Crippen LogP contribution is 2.40. The normalized spacial score (nSPS) is 21.9. The molecule has 3 aliphatic rings. The van der Waals surface area contributed by atoms with Crippen LogP contribution in [-0.2, 0) is 28.8 Å². The number of nitrogens with one attached hydrogen (secondary N) is 1. The topological polar surface area (TPSA) is 93.1 Å². The number of benzene rings is 1. The lowest BCUT2D eigenvalue weighted by molar-refractivity contribution is 0.0332. The van der Waals surface area contributed by atoms with Gasteiger partial charge in [0.15, 0.2) is 5.72 Å². The number of likely N-dealkylation sites (tertiary alicyclic amines) is 1. The fourth-order valence-electron chi connectivity index (χ4n) is 6.24. The molecule has 226 valence electrons. The van der Waals surface area contributed by atoms with Crippen molar-refractivity contribution in [2.75, 3.05) is 51.3 Å². The van der Waals surface area contributed by atoms with Crippen molar-refractivity contribution in [3.63, 3.8) is 0 Å². The predicted octanol–water partition coefficient (Wildman–Crippen LogP) is 4.41. The highest BCUT2D eigenvalue weighted by atomic mass is 16.6. The van der Waals surface area contributed by atoms with Crippen LogP contribution in [0.2, 0.25) is 0 Å². The molecule has 10 heteroatoms. The second-order valence-corrected chi connectivity index (χ2v) is 12.2. The van der Waals surface area contributed by atoms with E-state index in [0.717, 1.165) is 92.1 Å². The molecule has 0 bridgehead atoms. The molecule has 4 aromatic rings. The van der Waals surface area contributed by atoms with Gasteiger partial charge in [0.1, 0.15) is 18.5 Å². The molecule has 10 nitrogen and oxygen atoms in total. The van der Waals surface area contributed by atoms with Crippen molar-refractivity contribution in [3.05, 3.63) is 66.2 Å². The van der Waals surface area contributed by atoms with Gasteiger partial charge < -0.3 is 24.4 Å². The predicted molar refractivity (Wildman–Crippen MR) is 166 cm³/mol. The lowest BCUT2D eigenvalue weighted by Crippen LogP contribution is -2.41. The van der Waals surface area contributed by atoms with Crippen molar-refractivity contribution in [2.45, 2.75) is 51.1 Å². The summed E-state index contributed by atoms with van der Waals surface area (Å²) in [6.07, 6.45) is 7.91. The van der Waals surface area contributed by atoms with Crippen molar-refractivity contribution in [1.82, 2.24) is 29.5 Å². The van der Waals surface area contributed by atoms with Crippen LogP contribution in [0.1, 0.15) is 37.9 Å². The van der Waals surface area contributed by atoms with E-state index in [1.54, 1.807) is 0 Å². The van der Waals surface area contributed by atoms with Crippen LogP contribution >= 0.6 is 0 Å². The molecule has 3 fully saturated rings. The van der Waals surface area contributed by atoms with Gasteiger partial charge in [-0.3, -0.25) is 9.58 Å². The minimum Gasteiger partial charge on any atom is -0.474 e. The number of hydrogen-bond donors (Lipinski definition) is 1. The van der Waals surface area contributed by atoms with Gasteiger partial charge in [0.05, 0.1) is 25.1 Å². The number of fused-ring (bicyclic) bond motifs is 1. The van der Waals surface area contributed by atoms with Crippen molar-refractivity contribution in [2.24, 2.45) is 7.05 Å². The number of rotatable bonds is 9. The summed E-state index contributed by atoms with van der Waals surface area (Å²) < 4.78 is 19.8. The monoisotopic (exact) mass is 583 g/mol. The summed E-state index contributed by atoms with van der Waals surface area (Å²) in [5.74, 6) is 1.42. The number of aryl methyl sites for hydroxylation is 1. The Morgan fingerprint density at radius 2 is 1.81 bits per heavy atom. The summed E-state index contributed by atoms with van der Waals surface area (Å²) in [5, 5.41) is 10.4. The van der Waals surface area contributed by atoms with E-state index >= 15 is 0 Å². The molecular formula is C33H41N7O3. The van der Waals surface area contributed by atoms with Crippen LogP contribution in [0.5, 0.6) is 5.88 Å². The Morgan fingerprint density at radius 1 is 1.00 bits per heavy atom. The molecule has 0 spiro atoms. The van der Waals surface area contributed by atoms with E-state index in [0.29, 0.717) is 18.5 Å². The average molecular weight is 584 g/mol. The number of morpholine rings is 1. The fraction of sp³-hybridized carbons (Fsp3) is 0.485. The Bertz CT molecular complexity index is 1570. The van der Waals surface area contributed by atoms with Gasteiger partial charge in [0.2, 0.25) is 5.88 Å². The summed E-state index contributed by atoms with van der Waals surface area (Å²) in [7, 11) is 2.02. The maximum absolute atomic E-state index is 6.32. The summed E-state index contributed by atoms with van der Waals surface area (Å²) >= 11 is 0. The zero-order chi connectivity index (χ0) is 29.4. The summed E-state index contributed by atoms with van der Waals surface area (Å²) in [6.45, 7) is 11.5. The molecule has 1 N–H and O–H groups in total. The van der Waals surface area contributed by atoms with Gasteiger partial charge in [-0.15, -0.1) is 0 Å². The lowest BCUT2D eigenvalue weighted by atomic mass is 10.0. The minimum absolute atomic E-state index is 0.187. The fourth-order valence-corrected chi connectivity index (χ4v) is 6.24. The Hall–Kier alpha value is -3.57. The maximum atomic E-state index is 6.32. The molecule has 3 saturated heterocycles. The van der Waals surface area contributed by atoms with E-state index in [9.17, 15) is 0 Å². The molecule has 6 heterocycles. The number of epoxide rings is 1. The largest absolute Gasteiger partial charge is 0.474 e. The van der Waals surface area contributed by atoms with E-state index in [1.165, 1.54) is 5.69 Å². The van der Waals surface area contributed by atoms with E-state index in [2.05, 4.69) is 63.3 Å². The summed E-state index contributed by atoms with van der Waals surface area (Å²) in [5.41, 5.74) is 3.88. The molecule has 3 aliphatic heterocycles. The van der Waals surface area contributed by atoms with Crippen LogP contribution in [0.3, 0.4) is 0 Å². The SMILES string of the molecule is CC(C)N1CCC(Oc2cc(C3(Nc4cc5cc(-c6cnn(C)c6CN6CCOCC6)ccc5cn4)CO3)ccn2)CC1. The molecule has 1 aromatic carbocycles. The van der Waals surface area contributed by atoms with Crippen molar-refractivity contribution in [3.8, 4) is 17.0 Å². The number of aromatic nitrogens is 4. The molecule has 0 saturated carbocycles.